The molecule has 1 amide bonds. The lowest BCUT2D eigenvalue weighted by Crippen LogP contribution is -2.57. The highest BCUT2D eigenvalue weighted by molar-refractivity contribution is 7.89. The summed E-state index contributed by atoms with van der Waals surface area (Å²) in [5, 5.41) is 4.30. The van der Waals surface area contributed by atoms with Crippen molar-refractivity contribution in [3.8, 4) is 0 Å². The molecular weight excluding hydrogens is 406 g/mol. The minimum atomic E-state index is -3.24. The van der Waals surface area contributed by atoms with Crippen LogP contribution < -0.4 is 5.32 Å². The van der Waals surface area contributed by atoms with E-state index >= 15 is 0 Å². The first-order valence-corrected chi connectivity index (χ1v) is 12.9. The van der Waals surface area contributed by atoms with Gasteiger partial charge in [0.15, 0.2) is 0 Å². The van der Waals surface area contributed by atoms with Crippen LogP contribution >= 0.6 is 11.3 Å². The van der Waals surface area contributed by atoms with Crippen LogP contribution in [0.2, 0.25) is 0 Å². The van der Waals surface area contributed by atoms with Gasteiger partial charge in [0.1, 0.15) is 0 Å². The van der Waals surface area contributed by atoms with Gasteiger partial charge < -0.3 is 5.32 Å². The molecular formula is C21H27N3O3S2. The van der Waals surface area contributed by atoms with Crippen molar-refractivity contribution in [3.05, 3.63) is 28.8 Å². The summed E-state index contributed by atoms with van der Waals surface area (Å²) < 4.78 is 26.7. The van der Waals surface area contributed by atoms with Crippen molar-refractivity contribution in [2.75, 3.05) is 18.8 Å². The lowest BCUT2D eigenvalue weighted by molar-refractivity contribution is -0.125. The number of rotatable bonds is 4. The Hall–Kier alpha value is -1.51. The van der Waals surface area contributed by atoms with Gasteiger partial charge in [-0.25, -0.2) is 13.4 Å². The van der Waals surface area contributed by atoms with Crippen molar-refractivity contribution in [3.63, 3.8) is 0 Å². The Morgan fingerprint density at radius 1 is 1.28 bits per heavy atom. The van der Waals surface area contributed by atoms with Gasteiger partial charge in [-0.1, -0.05) is 6.07 Å². The van der Waals surface area contributed by atoms with Crippen LogP contribution in [0.25, 0.3) is 10.2 Å². The van der Waals surface area contributed by atoms with E-state index in [4.69, 9.17) is 4.98 Å². The maximum atomic E-state index is 12.3. The largest absolute Gasteiger partial charge is 0.352 e. The number of aromatic nitrogens is 1. The summed E-state index contributed by atoms with van der Waals surface area (Å²) in [6, 6.07) is 6.65. The summed E-state index contributed by atoms with van der Waals surface area (Å²) in [6.45, 7) is 2.54. The normalized spacial score (nSPS) is 31.3. The van der Waals surface area contributed by atoms with Gasteiger partial charge in [0.25, 0.3) is 0 Å². The average Bonchev–Trinajstić information content (AvgIpc) is 3.00. The Balaban J connectivity index is 1.11. The minimum Gasteiger partial charge on any atom is -0.352 e. The molecule has 156 valence electrons. The van der Waals surface area contributed by atoms with Crippen LogP contribution in [0.3, 0.4) is 0 Å². The zero-order chi connectivity index (χ0) is 20.2. The third-order valence-electron chi connectivity index (χ3n) is 6.76. The molecule has 1 aliphatic heterocycles. The second-order valence-electron chi connectivity index (χ2n) is 9.16. The van der Waals surface area contributed by atoms with Gasteiger partial charge in [-0.15, -0.1) is 11.3 Å². The third kappa shape index (κ3) is 3.70. The molecule has 2 saturated carbocycles. The zero-order valence-electron chi connectivity index (χ0n) is 16.7. The van der Waals surface area contributed by atoms with Crippen molar-refractivity contribution < 1.29 is 13.2 Å². The number of nitrogens with one attached hydrogen (secondary N) is 1. The smallest absolute Gasteiger partial charge is 0.235 e. The van der Waals surface area contributed by atoms with Gasteiger partial charge in [-0.05, 0) is 68.6 Å². The Labute approximate surface area is 175 Å². The molecule has 5 rings (SSSR count). The number of sulfonamides is 1. The maximum Gasteiger partial charge on any atom is 0.235 e. The van der Waals surface area contributed by atoms with Crippen LogP contribution in [0.5, 0.6) is 0 Å². The topological polar surface area (TPSA) is 79.4 Å². The molecule has 6 nitrogen and oxygen atoms in total. The van der Waals surface area contributed by atoms with Gasteiger partial charge >= 0.3 is 0 Å². The van der Waals surface area contributed by atoms with Crippen molar-refractivity contribution >= 4 is 37.5 Å². The van der Waals surface area contributed by atoms with E-state index in [9.17, 15) is 13.2 Å². The number of thiazole rings is 1. The summed E-state index contributed by atoms with van der Waals surface area (Å²) in [6.07, 6.45) is 5.85. The molecule has 8 heteroatoms. The number of carbonyl (C=O) groups excluding carboxylic acids is 1. The molecule has 2 aliphatic carbocycles. The number of hydrogen-bond acceptors (Lipinski definition) is 5. The highest BCUT2D eigenvalue weighted by Gasteiger charge is 2.54. The molecule has 0 bridgehead atoms. The lowest BCUT2D eigenvalue weighted by Gasteiger charge is -2.57. The highest BCUT2D eigenvalue weighted by atomic mass is 32.2. The fraction of sp³-hybridized carbons (Fsp3) is 0.619. The Morgan fingerprint density at radius 2 is 2.07 bits per heavy atom. The molecule has 1 saturated heterocycles. The fourth-order valence-corrected chi connectivity index (χ4v) is 7.86. The first kappa shape index (κ1) is 19.5. The molecule has 1 spiro atoms. The van der Waals surface area contributed by atoms with E-state index in [2.05, 4.69) is 30.4 Å². The first-order chi connectivity index (χ1) is 13.8. The van der Waals surface area contributed by atoms with Crippen LogP contribution in [0, 0.1) is 12.3 Å². The van der Waals surface area contributed by atoms with Crippen LogP contribution in [0.15, 0.2) is 18.2 Å². The minimum absolute atomic E-state index is 0.0282. The van der Waals surface area contributed by atoms with E-state index < -0.39 is 10.0 Å². The molecule has 0 unspecified atom stereocenters. The van der Waals surface area contributed by atoms with Gasteiger partial charge in [0.05, 0.1) is 27.5 Å². The van der Waals surface area contributed by atoms with E-state index in [1.165, 1.54) is 19.6 Å². The van der Waals surface area contributed by atoms with Crippen LogP contribution in [0.4, 0.5) is 0 Å². The zero-order valence-corrected chi connectivity index (χ0v) is 18.3. The van der Waals surface area contributed by atoms with Crippen LogP contribution in [-0.4, -0.2) is 48.5 Å². The first-order valence-electron chi connectivity index (χ1n) is 10.5. The summed E-state index contributed by atoms with van der Waals surface area (Å²) in [7, 11) is -3.24. The summed E-state index contributed by atoms with van der Waals surface area (Å²) in [5.41, 5.74) is 2.71. The van der Waals surface area contributed by atoms with E-state index in [1.54, 1.807) is 0 Å². The predicted molar refractivity (Wildman–Crippen MR) is 115 cm³/mol. The molecule has 1 aromatic carbocycles. The van der Waals surface area contributed by atoms with Crippen molar-refractivity contribution in [1.29, 1.82) is 0 Å². The second-order valence-corrected chi connectivity index (χ2v) is 12.3. The van der Waals surface area contributed by atoms with E-state index in [0.717, 1.165) is 37.6 Å². The summed E-state index contributed by atoms with van der Waals surface area (Å²) in [4.78, 5) is 17.2. The van der Waals surface area contributed by atoms with Gasteiger partial charge in [0, 0.05) is 18.5 Å². The average molecular weight is 434 g/mol. The number of nitrogens with zero attached hydrogens (tertiary/aromatic N) is 2. The second kappa shape index (κ2) is 7.03. The Bertz CT molecular complexity index is 1050. The fourth-order valence-electron chi connectivity index (χ4n) is 5.26. The molecule has 1 N–H and O–H groups in total. The van der Waals surface area contributed by atoms with Crippen molar-refractivity contribution in [2.24, 2.45) is 5.41 Å². The van der Waals surface area contributed by atoms with Crippen molar-refractivity contribution in [2.45, 2.75) is 57.4 Å². The number of carbonyl (C=O) groups is 1. The van der Waals surface area contributed by atoms with Gasteiger partial charge in [-0.2, -0.15) is 4.31 Å². The molecule has 0 atom stereocenters. The Kier molecular flexibility index (Phi) is 4.71. The molecule has 1 aromatic heterocycles. The highest BCUT2D eigenvalue weighted by Crippen LogP contribution is 2.62. The third-order valence-corrected chi connectivity index (χ3v) is 9.87. The summed E-state index contributed by atoms with van der Waals surface area (Å²) >= 11 is 1.81. The van der Waals surface area contributed by atoms with Crippen LogP contribution in [0.1, 0.15) is 55.0 Å². The monoisotopic (exact) mass is 433 g/mol. The molecule has 0 radical (unpaired) electrons. The molecule has 2 aromatic rings. The number of fused-ring (bicyclic) bond motifs is 1. The molecule has 29 heavy (non-hydrogen) atoms. The molecule has 3 fully saturated rings. The number of aryl methyl sites for hydroxylation is 1. The van der Waals surface area contributed by atoms with E-state index in [0.29, 0.717) is 24.3 Å². The van der Waals surface area contributed by atoms with Gasteiger partial charge in [0.2, 0.25) is 15.9 Å². The molecule has 2 heterocycles. The van der Waals surface area contributed by atoms with E-state index in [-0.39, 0.29) is 24.2 Å². The molecule has 3 aliphatic rings. The number of hydrogen-bond donors (Lipinski definition) is 1. The quantitative estimate of drug-likeness (QED) is 0.803. The Morgan fingerprint density at radius 3 is 2.83 bits per heavy atom. The number of amides is 1. The number of benzene rings is 1. The van der Waals surface area contributed by atoms with Crippen LogP contribution in [-0.2, 0) is 14.8 Å². The lowest BCUT2D eigenvalue weighted by atomic mass is 9.50. The SMILES string of the molecule is Cc1ccc2sc(C3CC4(CC(NC(=O)CN5CCCCS5(=O)=O)C4)C3)nc2c1. The maximum absolute atomic E-state index is 12.3. The standard InChI is InChI=1S/C21H27N3O3S2/c1-14-4-5-18-17(8-14)23-20(28-18)15-9-21(10-15)11-16(12-21)22-19(25)13-24-6-2-3-7-29(24,26)27/h4-5,8,15-16H,2-3,6-7,9-13H2,1H3,(H,22,25). The van der Waals surface area contributed by atoms with Crippen molar-refractivity contribution in [1.82, 2.24) is 14.6 Å². The summed E-state index contributed by atoms with van der Waals surface area (Å²) in [5.74, 6) is 0.551. The van der Waals surface area contributed by atoms with E-state index in [1.807, 2.05) is 11.3 Å². The predicted octanol–water partition coefficient (Wildman–Crippen LogP) is 3.17. The van der Waals surface area contributed by atoms with Gasteiger partial charge in [-0.3, -0.25) is 4.79 Å².